The minimum Gasteiger partial charge on any atom is -0.336 e. The molecular formula is C28H40BN. The first kappa shape index (κ1) is 24.0. The Morgan fingerprint density at radius 2 is 0.867 bits per heavy atom. The third-order valence-electron chi connectivity index (χ3n) is 6.60. The molecular weight excluding hydrogens is 361 g/mol. The number of rotatable bonds is 9. The van der Waals surface area contributed by atoms with Gasteiger partial charge in [-0.05, 0) is 20.8 Å². The lowest BCUT2D eigenvalue weighted by atomic mass is 9.14. The molecule has 1 nitrogen and oxygen atoms in total. The molecule has 0 bridgehead atoms. The SMILES string of the molecule is CCCC[B-](c1ccccc1)(c1ccccc1)c1ccccc1.CC[NH+](CC)CC. The van der Waals surface area contributed by atoms with Gasteiger partial charge in [-0.15, -0.1) is 0 Å². The van der Waals surface area contributed by atoms with Gasteiger partial charge >= 0.3 is 0 Å². The highest BCUT2D eigenvalue weighted by Gasteiger charge is 2.28. The fraction of sp³-hybridized carbons (Fsp3) is 0.357. The fourth-order valence-electron chi connectivity index (χ4n) is 4.68. The highest BCUT2D eigenvalue weighted by molar-refractivity contribution is 7.11. The van der Waals surface area contributed by atoms with Crippen molar-refractivity contribution in [2.24, 2.45) is 0 Å². The van der Waals surface area contributed by atoms with Crippen LogP contribution in [0.4, 0.5) is 0 Å². The van der Waals surface area contributed by atoms with Crippen LogP contribution in [0.25, 0.3) is 0 Å². The number of nitrogens with one attached hydrogen (secondary N) is 1. The van der Waals surface area contributed by atoms with Crippen molar-refractivity contribution in [2.45, 2.75) is 46.9 Å². The molecule has 30 heavy (non-hydrogen) atoms. The first-order chi connectivity index (χ1) is 14.7. The van der Waals surface area contributed by atoms with Crippen LogP contribution in [0, 0.1) is 0 Å². The van der Waals surface area contributed by atoms with Gasteiger partial charge in [-0.25, -0.2) is 0 Å². The fourth-order valence-corrected chi connectivity index (χ4v) is 4.68. The summed E-state index contributed by atoms with van der Waals surface area (Å²) >= 11 is 0. The summed E-state index contributed by atoms with van der Waals surface area (Å²) in [5, 5.41) is 0. The predicted molar refractivity (Wildman–Crippen MR) is 136 cm³/mol. The summed E-state index contributed by atoms with van der Waals surface area (Å²) in [5.41, 5.74) is 4.33. The number of benzene rings is 3. The molecule has 0 aliphatic heterocycles. The highest BCUT2D eigenvalue weighted by atomic mass is 15.1. The summed E-state index contributed by atoms with van der Waals surface area (Å²) in [6.07, 6.45) is 2.73. The predicted octanol–water partition coefficient (Wildman–Crippen LogP) is 3.89. The minimum absolute atomic E-state index is 0.913. The highest BCUT2D eigenvalue weighted by Crippen LogP contribution is 2.16. The van der Waals surface area contributed by atoms with Crippen LogP contribution in [0.2, 0.25) is 6.32 Å². The number of hydrogen-bond acceptors (Lipinski definition) is 0. The zero-order chi connectivity index (χ0) is 21.7. The van der Waals surface area contributed by atoms with E-state index < -0.39 is 6.15 Å². The van der Waals surface area contributed by atoms with Crippen LogP contribution >= 0.6 is 0 Å². The third-order valence-corrected chi connectivity index (χ3v) is 6.60. The molecule has 0 saturated carbocycles. The molecule has 0 atom stereocenters. The standard InChI is InChI=1S/C22H24B.C6H15N/c1-2-3-19-23(20-13-7-4-8-14-20,21-15-9-5-10-16-21)22-17-11-6-12-18-22;1-4-7(5-2)6-3/h4-18H,2-3,19H2,1H3;4-6H2,1-3H3/q-1;/p+1. The Morgan fingerprint density at radius 3 is 1.10 bits per heavy atom. The average Bonchev–Trinajstić information content (AvgIpc) is 2.83. The lowest BCUT2D eigenvalue weighted by Gasteiger charge is -2.43. The van der Waals surface area contributed by atoms with E-state index in [1.54, 1.807) is 4.90 Å². The van der Waals surface area contributed by atoms with Gasteiger partial charge in [0.25, 0.3) is 0 Å². The number of hydrogen-bond donors (Lipinski definition) is 1. The van der Waals surface area contributed by atoms with Crippen molar-refractivity contribution in [3.63, 3.8) is 0 Å². The maximum Gasteiger partial charge on any atom is 0.0814 e. The van der Waals surface area contributed by atoms with Gasteiger partial charge in [0.15, 0.2) is 0 Å². The van der Waals surface area contributed by atoms with Gasteiger partial charge in [-0.2, -0.15) is 22.7 Å². The van der Waals surface area contributed by atoms with E-state index >= 15 is 0 Å². The van der Waals surface area contributed by atoms with Gasteiger partial charge in [0, 0.05) is 0 Å². The van der Waals surface area contributed by atoms with Gasteiger partial charge in [0.2, 0.25) is 0 Å². The molecule has 2 heteroatoms. The molecule has 0 fully saturated rings. The Labute approximate surface area is 185 Å². The van der Waals surface area contributed by atoms with E-state index in [2.05, 4.69) is 119 Å². The number of quaternary nitrogens is 1. The summed E-state index contributed by atoms with van der Waals surface area (Å²) in [4.78, 5) is 1.68. The first-order valence-corrected chi connectivity index (χ1v) is 11.9. The Bertz CT molecular complexity index is 696. The Hall–Kier alpha value is -2.32. The van der Waals surface area contributed by atoms with Crippen LogP contribution in [0.1, 0.15) is 40.5 Å². The molecule has 160 valence electrons. The third kappa shape index (κ3) is 6.09. The first-order valence-electron chi connectivity index (χ1n) is 11.9. The van der Waals surface area contributed by atoms with Gasteiger partial charge in [0.05, 0.1) is 25.8 Å². The molecule has 0 amide bonds. The number of unbranched alkanes of at least 4 members (excludes halogenated alkanes) is 1. The van der Waals surface area contributed by atoms with Crippen molar-refractivity contribution in [3.8, 4) is 0 Å². The molecule has 3 rings (SSSR count). The monoisotopic (exact) mass is 401 g/mol. The van der Waals surface area contributed by atoms with E-state index in [-0.39, 0.29) is 0 Å². The van der Waals surface area contributed by atoms with Gasteiger partial charge < -0.3 is 4.90 Å². The van der Waals surface area contributed by atoms with Gasteiger partial charge in [-0.3, -0.25) is 0 Å². The van der Waals surface area contributed by atoms with Crippen molar-refractivity contribution in [3.05, 3.63) is 91.0 Å². The Morgan fingerprint density at radius 1 is 0.533 bits per heavy atom. The Balaban J connectivity index is 0.000000396. The smallest absolute Gasteiger partial charge is 0.0814 e. The van der Waals surface area contributed by atoms with E-state index in [0.29, 0.717) is 0 Å². The molecule has 0 aliphatic carbocycles. The van der Waals surface area contributed by atoms with Gasteiger partial charge in [0.1, 0.15) is 0 Å². The molecule has 0 saturated heterocycles. The van der Waals surface area contributed by atoms with Crippen LogP contribution in [-0.4, -0.2) is 25.8 Å². The van der Waals surface area contributed by atoms with Crippen molar-refractivity contribution in [1.82, 2.24) is 0 Å². The van der Waals surface area contributed by atoms with Crippen molar-refractivity contribution >= 4 is 22.5 Å². The summed E-state index contributed by atoms with van der Waals surface area (Å²) in [6.45, 7) is 12.8. The topological polar surface area (TPSA) is 4.44 Å². The molecule has 0 heterocycles. The quantitative estimate of drug-likeness (QED) is 0.519. The molecule has 0 radical (unpaired) electrons. The molecule has 0 unspecified atom stereocenters. The normalized spacial score (nSPS) is 11.1. The van der Waals surface area contributed by atoms with Crippen molar-refractivity contribution in [1.29, 1.82) is 0 Å². The summed E-state index contributed by atoms with van der Waals surface area (Å²) < 4.78 is 0. The van der Waals surface area contributed by atoms with E-state index in [0.717, 1.165) is 0 Å². The molecule has 3 aromatic rings. The molecule has 3 aromatic carbocycles. The van der Waals surface area contributed by atoms with Crippen molar-refractivity contribution in [2.75, 3.05) is 19.6 Å². The molecule has 0 aromatic heterocycles. The minimum atomic E-state index is -0.913. The van der Waals surface area contributed by atoms with E-state index in [9.17, 15) is 0 Å². The summed E-state index contributed by atoms with van der Waals surface area (Å²) in [6, 6.07) is 33.2. The van der Waals surface area contributed by atoms with Crippen LogP contribution < -0.4 is 21.3 Å². The average molecular weight is 401 g/mol. The second kappa shape index (κ2) is 13.1. The van der Waals surface area contributed by atoms with E-state index in [1.165, 1.54) is 55.2 Å². The lowest BCUT2D eigenvalue weighted by molar-refractivity contribution is -0.894. The maximum absolute atomic E-state index is 2.30. The second-order valence-electron chi connectivity index (χ2n) is 8.23. The maximum atomic E-state index is 2.30. The van der Waals surface area contributed by atoms with Crippen LogP contribution in [0.3, 0.4) is 0 Å². The van der Waals surface area contributed by atoms with Crippen LogP contribution in [0.15, 0.2) is 91.0 Å². The zero-order valence-electron chi connectivity index (χ0n) is 19.5. The van der Waals surface area contributed by atoms with Crippen LogP contribution in [0.5, 0.6) is 0 Å². The second-order valence-corrected chi connectivity index (χ2v) is 8.23. The molecule has 0 spiro atoms. The van der Waals surface area contributed by atoms with Crippen molar-refractivity contribution < 1.29 is 4.90 Å². The largest absolute Gasteiger partial charge is 0.336 e. The van der Waals surface area contributed by atoms with E-state index in [4.69, 9.17) is 0 Å². The summed E-state index contributed by atoms with van der Waals surface area (Å²) in [7, 11) is 0. The van der Waals surface area contributed by atoms with E-state index in [1.807, 2.05) is 0 Å². The summed E-state index contributed by atoms with van der Waals surface area (Å²) in [5.74, 6) is 0. The lowest BCUT2D eigenvalue weighted by Crippen LogP contribution is -3.11. The van der Waals surface area contributed by atoms with Gasteiger partial charge in [-0.1, -0.05) is 111 Å². The Kier molecular flexibility index (Phi) is 10.4. The van der Waals surface area contributed by atoms with Crippen LogP contribution in [-0.2, 0) is 0 Å². The molecule has 1 N–H and O–H groups in total. The zero-order valence-corrected chi connectivity index (χ0v) is 19.5. The molecule has 0 aliphatic rings.